The Morgan fingerprint density at radius 3 is 2.43 bits per heavy atom. The summed E-state index contributed by atoms with van der Waals surface area (Å²) in [5.41, 5.74) is 0.674. The molecule has 1 aromatic heterocycles. The third-order valence-electron chi connectivity index (χ3n) is 3.20. The van der Waals surface area contributed by atoms with E-state index in [-0.39, 0.29) is 12.2 Å². The molecule has 116 valence electrons. The first-order chi connectivity index (χ1) is 11.1. The number of carbonyl (C=O) groups is 1. The fraction of sp³-hybridized carbons (Fsp3) is 0.0588. The van der Waals surface area contributed by atoms with E-state index in [9.17, 15) is 9.59 Å². The third kappa shape index (κ3) is 3.32. The number of oxazole rings is 1. The number of aromatic carboxylic acids is 1. The van der Waals surface area contributed by atoms with Crippen LogP contribution in [0.25, 0.3) is 5.69 Å². The molecule has 0 unspecified atom stereocenters. The molecule has 0 amide bonds. The van der Waals surface area contributed by atoms with Crippen LogP contribution in [0.2, 0.25) is 0 Å². The topological polar surface area (TPSA) is 81.7 Å². The molecule has 0 aliphatic rings. The minimum atomic E-state index is -1.02. The summed E-state index contributed by atoms with van der Waals surface area (Å²) in [6.45, 7) is 0.124. The van der Waals surface area contributed by atoms with Crippen molar-refractivity contribution in [1.82, 2.24) is 4.57 Å². The van der Waals surface area contributed by atoms with Crippen LogP contribution in [-0.4, -0.2) is 15.6 Å². The zero-order valence-electron chi connectivity index (χ0n) is 12.0. The van der Waals surface area contributed by atoms with Crippen molar-refractivity contribution in [3.8, 4) is 11.4 Å². The highest BCUT2D eigenvalue weighted by Crippen LogP contribution is 2.13. The van der Waals surface area contributed by atoms with E-state index in [0.29, 0.717) is 17.2 Å². The van der Waals surface area contributed by atoms with Gasteiger partial charge in [-0.3, -0.25) is 0 Å². The summed E-state index contributed by atoms with van der Waals surface area (Å²) in [6.07, 6.45) is 1.53. The Hall–Kier alpha value is -3.28. The van der Waals surface area contributed by atoms with Gasteiger partial charge in [0.15, 0.2) is 5.76 Å². The molecular formula is C17H13NO5. The molecule has 23 heavy (non-hydrogen) atoms. The number of benzene rings is 2. The summed E-state index contributed by atoms with van der Waals surface area (Å²) in [7, 11) is 0. The Bertz CT molecular complexity index is 862. The molecule has 0 atom stereocenters. The molecule has 3 rings (SSSR count). The lowest BCUT2D eigenvalue weighted by molar-refractivity contribution is 0.0697. The SMILES string of the molecule is O=C(O)c1ccc(-n2cc(COc3ccccc3)oc2=O)cc1. The number of aromatic nitrogens is 1. The molecule has 0 saturated heterocycles. The smallest absolute Gasteiger partial charge is 0.423 e. The van der Waals surface area contributed by atoms with Gasteiger partial charge in [0.2, 0.25) is 0 Å². The summed E-state index contributed by atoms with van der Waals surface area (Å²) in [5, 5.41) is 8.88. The number of carboxylic acid groups (broad SMARTS) is 1. The largest absolute Gasteiger partial charge is 0.486 e. The van der Waals surface area contributed by atoms with Gasteiger partial charge in [0.25, 0.3) is 0 Å². The van der Waals surface area contributed by atoms with Crippen LogP contribution in [0, 0.1) is 0 Å². The molecule has 0 aliphatic carbocycles. The first kappa shape index (κ1) is 14.6. The van der Waals surface area contributed by atoms with Crippen molar-refractivity contribution < 1.29 is 19.1 Å². The molecule has 0 saturated carbocycles. The molecule has 1 heterocycles. The van der Waals surface area contributed by atoms with E-state index in [1.165, 1.54) is 22.9 Å². The number of ether oxygens (including phenoxy) is 1. The van der Waals surface area contributed by atoms with Gasteiger partial charge >= 0.3 is 11.7 Å². The standard InChI is InChI=1S/C17H13NO5/c19-16(20)12-6-8-13(9-7-12)18-10-15(23-17(18)21)11-22-14-4-2-1-3-5-14/h1-10H,11H2,(H,19,20). The fourth-order valence-corrected chi connectivity index (χ4v) is 2.07. The van der Waals surface area contributed by atoms with Gasteiger partial charge in [-0.05, 0) is 36.4 Å². The van der Waals surface area contributed by atoms with Gasteiger partial charge in [-0.15, -0.1) is 0 Å². The van der Waals surface area contributed by atoms with Gasteiger partial charge in [-0.1, -0.05) is 18.2 Å². The highest BCUT2D eigenvalue weighted by molar-refractivity contribution is 5.87. The second-order valence-corrected chi connectivity index (χ2v) is 4.79. The van der Waals surface area contributed by atoms with Gasteiger partial charge in [0, 0.05) is 0 Å². The second kappa shape index (κ2) is 6.23. The van der Waals surface area contributed by atoms with E-state index in [1.54, 1.807) is 24.3 Å². The number of nitrogens with zero attached hydrogens (tertiary/aromatic N) is 1. The van der Waals surface area contributed by atoms with Crippen molar-refractivity contribution in [2.45, 2.75) is 6.61 Å². The summed E-state index contributed by atoms with van der Waals surface area (Å²) in [6, 6.07) is 15.1. The van der Waals surface area contributed by atoms with E-state index in [2.05, 4.69) is 0 Å². The average molecular weight is 311 g/mol. The molecule has 0 spiro atoms. The maximum absolute atomic E-state index is 11.9. The van der Waals surface area contributed by atoms with Crippen molar-refractivity contribution in [2.75, 3.05) is 0 Å². The second-order valence-electron chi connectivity index (χ2n) is 4.79. The first-order valence-electron chi connectivity index (χ1n) is 6.86. The lowest BCUT2D eigenvalue weighted by Crippen LogP contribution is -2.10. The van der Waals surface area contributed by atoms with Crippen LogP contribution >= 0.6 is 0 Å². The van der Waals surface area contributed by atoms with Crippen LogP contribution in [0.3, 0.4) is 0 Å². The highest BCUT2D eigenvalue weighted by atomic mass is 16.5. The Labute approximate surface area is 131 Å². The van der Waals surface area contributed by atoms with Crippen LogP contribution in [0.4, 0.5) is 0 Å². The van der Waals surface area contributed by atoms with Gasteiger partial charge < -0.3 is 14.3 Å². The first-order valence-corrected chi connectivity index (χ1v) is 6.86. The van der Waals surface area contributed by atoms with E-state index in [4.69, 9.17) is 14.3 Å². The van der Waals surface area contributed by atoms with E-state index < -0.39 is 11.7 Å². The van der Waals surface area contributed by atoms with E-state index in [1.807, 2.05) is 18.2 Å². The number of hydrogen-bond acceptors (Lipinski definition) is 4. The number of carboxylic acids is 1. The van der Waals surface area contributed by atoms with Crippen molar-refractivity contribution >= 4 is 5.97 Å². The Morgan fingerprint density at radius 2 is 1.78 bits per heavy atom. The molecule has 0 radical (unpaired) electrons. The minimum Gasteiger partial charge on any atom is -0.486 e. The van der Waals surface area contributed by atoms with Gasteiger partial charge in [-0.25, -0.2) is 14.2 Å². The van der Waals surface area contributed by atoms with Crippen LogP contribution in [0.1, 0.15) is 16.1 Å². The summed E-state index contributed by atoms with van der Waals surface area (Å²) < 4.78 is 12.0. The molecule has 0 bridgehead atoms. The molecule has 0 fully saturated rings. The Morgan fingerprint density at radius 1 is 1.09 bits per heavy atom. The van der Waals surface area contributed by atoms with Crippen LogP contribution in [-0.2, 0) is 6.61 Å². The van der Waals surface area contributed by atoms with Crippen molar-refractivity contribution in [3.05, 3.63) is 82.7 Å². The lowest BCUT2D eigenvalue weighted by atomic mass is 10.2. The Balaban J connectivity index is 1.78. The fourth-order valence-electron chi connectivity index (χ4n) is 2.07. The average Bonchev–Trinajstić information content (AvgIpc) is 2.95. The molecule has 2 aromatic carbocycles. The number of para-hydroxylation sites is 1. The predicted octanol–water partition coefficient (Wildman–Crippen LogP) is 2.71. The zero-order chi connectivity index (χ0) is 16.2. The van der Waals surface area contributed by atoms with Crippen LogP contribution < -0.4 is 10.5 Å². The molecular weight excluding hydrogens is 298 g/mol. The predicted molar refractivity (Wildman–Crippen MR) is 82.0 cm³/mol. The minimum absolute atomic E-state index is 0.124. The van der Waals surface area contributed by atoms with Crippen molar-refractivity contribution in [1.29, 1.82) is 0 Å². The summed E-state index contributed by atoms with van der Waals surface area (Å²) >= 11 is 0. The van der Waals surface area contributed by atoms with Gasteiger partial charge in [-0.2, -0.15) is 0 Å². The molecule has 6 nitrogen and oxygen atoms in total. The van der Waals surface area contributed by atoms with Gasteiger partial charge in [0.1, 0.15) is 12.4 Å². The van der Waals surface area contributed by atoms with Crippen LogP contribution in [0.15, 0.2) is 70.0 Å². The molecule has 0 aliphatic heterocycles. The zero-order valence-corrected chi connectivity index (χ0v) is 12.0. The number of rotatable bonds is 5. The van der Waals surface area contributed by atoms with Gasteiger partial charge in [0.05, 0.1) is 17.4 Å². The monoisotopic (exact) mass is 311 g/mol. The van der Waals surface area contributed by atoms with E-state index in [0.717, 1.165) is 0 Å². The van der Waals surface area contributed by atoms with Crippen LogP contribution in [0.5, 0.6) is 5.75 Å². The normalized spacial score (nSPS) is 10.4. The number of hydrogen-bond donors (Lipinski definition) is 1. The van der Waals surface area contributed by atoms with E-state index >= 15 is 0 Å². The van der Waals surface area contributed by atoms with Crippen molar-refractivity contribution in [3.63, 3.8) is 0 Å². The van der Waals surface area contributed by atoms with Crippen molar-refractivity contribution in [2.24, 2.45) is 0 Å². The third-order valence-corrected chi connectivity index (χ3v) is 3.20. The molecule has 6 heteroatoms. The molecule has 3 aromatic rings. The maximum Gasteiger partial charge on any atom is 0.423 e. The molecule has 1 N–H and O–H groups in total. The highest BCUT2D eigenvalue weighted by Gasteiger charge is 2.09. The quantitative estimate of drug-likeness (QED) is 0.783. The summed E-state index contributed by atoms with van der Waals surface area (Å²) in [4.78, 5) is 22.7. The maximum atomic E-state index is 11.9. The summed E-state index contributed by atoms with van der Waals surface area (Å²) in [5.74, 6) is -0.525. The Kier molecular flexibility index (Phi) is 3.97. The lowest BCUT2D eigenvalue weighted by Gasteiger charge is -2.02.